The lowest BCUT2D eigenvalue weighted by Gasteiger charge is -2.01. The van der Waals surface area contributed by atoms with Crippen LogP contribution in [-0.2, 0) is 6.54 Å². The van der Waals surface area contributed by atoms with Crippen molar-refractivity contribution in [1.82, 2.24) is 5.32 Å². The molecule has 4 heteroatoms. The topological polar surface area (TPSA) is 25.2 Å². The summed E-state index contributed by atoms with van der Waals surface area (Å²) in [5, 5.41) is 3.36. The van der Waals surface area contributed by atoms with Gasteiger partial charge in [0.2, 0.25) is 0 Å². The molecule has 0 bridgehead atoms. The average Bonchev–Trinajstić information content (AvgIpc) is 2.88. The summed E-state index contributed by atoms with van der Waals surface area (Å²) in [5.41, 5.74) is 0.902. The lowest BCUT2D eigenvalue weighted by atomic mass is 10.2. The molecule has 20 heavy (non-hydrogen) atoms. The van der Waals surface area contributed by atoms with E-state index in [1.54, 1.807) is 12.1 Å². The fourth-order valence-corrected chi connectivity index (χ4v) is 1.95. The van der Waals surface area contributed by atoms with Gasteiger partial charge in [-0.1, -0.05) is 19.8 Å². The van der Waals surface area contributed by atoms with E-state index in [-0.39, 0.29) is 18.2 Å². The second-order valence-electron chi connectivity index (χ2n) is 4.66. The molecule has 0 aliphatic heterocycles. The molecule has 1 aromatic heterocycles. The van der Waals surface area contributed by atoms with Crippen molar-refractivity contribution in [2.24, 2.45) is 0 Å². The van der Waals surface area contributed by atoms with E-state index in [0.29, 0.717) is 0 Å². The number of halogens is 2. The van der Waals surface area contributed by atoms with E-state index < -0.39 is 0 Å². The first-order valence-electron chi connectivity index (χ1n) is 6.85. The van der Waals surface area contributed by atoms with Gasteiger partial charge in [-0.2, -0.15) is 0 Å². The Morgan fingerprint density at radius 1 is 1.05 bits per heavy atom. The van der Waals surface area contributed by atoms with Crippen LogP contribution in [0.5, 0.6) is 0 Å². The Labute approximate surface area is 125 Å². The number of hydrogen-bond acceptors (Lipinski definition) is 2. The lowest BCUT2D eigenvalue weighted by Crippen LogP contribution is -2.13. The highest BCUT2D eigenvalue weighted by atomic mass is 35.5. The van der Waals surface area contributed by atoms with E-state index in [9.17, 15) is 4.39 Å². The van der Waals surface area contributed by atoms with Crippen molar-refractivity contribution in [3.05, 3.63) is 48.0 Å². The zero-order chi connectivity index (χ0) is 13.5. The van der Waals surface area contributed by atoms with Gasteiger partial charge in [-0.05, 0) is 49.4 Å². The minimum Gasteiger partial charge on any atom is -0.460 e. The second kappa shape index (κ2) is 8.77. The Kier molecular flexibility index (Phi) is 7.34. The van der Waals surface area contributed by atoms with Crippen LogP contribution in [0.25, 0.3) is 11.3 Å². The molecule has 110 valence electrons. The zero-order valence-corrected chi connectivity index (χ0v) is 12.5. The van der Waals surface area contributed by atoms with Gasteiger partial charge in [0, 0.05) is 5.56 Å². The van der Waals surface area contributed by atoms with E-state index in [4.69, 9.17) is 4.42 Å². The third-order valence-corrected chi connectivity index (χ3v) is 3.05. The van der Waals surface area contributed by atoms with Crippen LogP contribution in [0.2, 0.25) is 0 Å². The van der Waals surface area contributed by atoms with E-state index in [0.717, 1.165) is 30.2 Å². The number of hydrogen-bond donors (Lipinski definition) is 1. The molecule has 0 fully saturated rings. The number of benzene rings is 1. The van der Waals surface area contributed by atoms with Gasteiger partial charge in [-0.15, -0.1) is 12.4 Å². The maximum atomic E-state index is 12.8. The van der Waals surface area contributed by atoms with E-state index in [2.05, 4.69) is 12.2 Å². The van der Waals surface area contributed by atoms with Crippen LogP contribution in [0, 0.1) is 5.82 Å². The van der Waals surface area contributed by atoms with Crippen LogP contribution in [0.15, 0.2) is 40.8 Å². The van der Waals surface area contributed by atoms with Crippen LogP contribution in [-0.4, -0.2) is 6.54 Å². The molecule has 2 aromatic rings. The van der Waals surface area contributed by atoms with Crippen molar-refractivity contribution in [2.45, 2.75) is 32.7 Å². The van der Waals surface area contributed by atoms with Crippen LogP contribution in [0.4, 0.5) is 4.39 Å². The van der Waals surface area contributed by atoms with Crippen molar-refractivity contribution < 1.29 is 8.81 Å². The fourth-order valence-electron chi connectivity index (χ4n) is 1.95. The molecule has 2 nitrogen and oxygen atoms in total. The molecular weight excluding hydrogens is 277 g/mol. The Bertz CT molecular complexity index is 495. The number of unbranched alkanes of at least 4 members (excludes halogenated alkanes) is 2. The van der Waals surface area contributed by atoms with Gasteiger partial charge in [0.05, 0.1) is 6.54 Å². The van der Waals surface area contributed by atoms with Crippen LogP contribution in [0.1, 0.15) is 31.9 Å². The number of furan rings is 1. The summed E-state index contributed by atoms with van der Waals surface area (Å²) in [5.74, 6) is 1.47. The molecule has 0 aliphatic carbocycles. The molecule has 1 N–H and O–H groups in total. The SMILES string of the molecule is CCCCCNCc1ccc(-c2ccc(F)cc2)o1.Cl. The summed E-state index contributed by atoms with van der Waals surface area (Å²) in [6.45, 7) is 3.95. The standard InChI is InChI=1S/C16H20FNO.ClH/c1-2-3-4-11-18-12-15-9-10-16(19-15)13-5-7-14(17)8-6-13;/h5-10,18H,2-4,11-12H2,1H3;1H. The number of nitrogens with one attached hydrogen (secondary N) is 1. The summed E-state index contributed by atoms with van der Waals surface area (Å²) in [6, 6.07) is 10.2. The van der Waals surface area contributed by atoms with Gasteiger partial charge in [0.1, 0.15) is 17.3 Å². The van der Waals surface area contributed by atoms with E-state index >= 15 is 0 Å². The van der Waals surface area contributed by atoms with E-state index in [1.807, 2.05) is 12.1 Å². The predicted molar refractivity (Wildman–Crippen MR) is 82.6 cm³/mol. The molecule has 0 spiro atoms. The monoisotopic (exact) mass is 297 g/mol. The number of rotatable bonds is 7. The van der Waals surface area contributed by atoms with Gasteiger partial charge in [0.25, 0.3) is 0 Å². The van der Waals surface area contributed by atoms with Gasteiger partial charge in [0.15, 0.2) is 0 Å². The highest BCUT2D eigenvalue weighted by Gasteiger charge is 2.04. The van der Waals surface area contributed by atoms with Gasteiger partial charge >= 0.3 is 0 Å². The first kappa shape index (κ1) is 16.7. The highest BCUT2D eigenvalue weighted by Crippen LogP contribution is 2.22. The van der Waals surface area contributed by atoms with Crippen molar-refractivity contribution >= 4 is 12.4 Å². The van der Waals surface area contributed by atoms with E-state index in [1.165, 1.54) is 31.4 Å². The normalized spacial score (nSPS) is 10.3. The summed E-state index contributed by atoms with van der Waals surface area (Å²) in [6.07, 6.45) is 3.69. The zero-order valence-electron chi connectivity index (χ0n) is 11.7. The summed E-state index contributed by atoms with van der Waals surface area (Å²) >= 11 is 0. The Balaban J connectivity index is 0.00000200. The summed E-state index contributed by atoms with van der Waals surface area (Å²) in [7, 11) is 0. The van der Waals surface area contributed by atoms with Crippen LogP contribution < -0.4 is 5.32 Å². The fraction of sp³-hybridized carbons (Fsp3) is 0.375. The Hall–Kier alpha value is -1.32. The quantitative estimate of drug-likeness (QED) is 0.744. The molecule has 2 rings (SSSR count). The molecule has 0 aliphatic rings. The van der Waals surface area contributed by atoms with Gasteiger partial charge in [-0.25, -0.2) is 4.39 Å². The molecule has 0 atom stereocenters. The first-order chi connectivity index (χ1) is 9.29. The molecule has 0 radical (unpaired) electrons. The molecular formula is C16H21ClFNO. The third kappa shape index (κ3) is 4.99. The van der Waals surface area contributed by atoms with Crippen molar-refractivity contribution in [2.75, 3.05) is 6.54 Å². The maximum absolute atomic E-state index is 12.8. The van der Waals surface area contributed by atoms with Crippen molar-refractivity contribution in [3.63, 3.8) is 0 Å². The molecule has 0 saturated heterocycles. The molecule has 1 heterocycles. The maximum Gasteiger partial charge on any atom is 0.134 e. The highest BCUT2D eigenvalue weighted by molar-refractivity contribution is 5.85. The first-order valence-corrected chi connectivity index (χ1v) is 6.85. The molecule has 0 saturated carbocycles. The molecule has 0 amide bonds. The smallest absolute Gasteiger partial charge is 0.134 e. The average molecular weight is 298 g/mol. The second-order valence-corrected chi connectivity index (χ2v) is 4.66. The van der Waals surface area contributed by atoms with Crippen molar-refractivity contribution in [1.29, 1.82) is 0 Å². The molecule has 0 unspecified atom stereocenters. The minimum absolute atomic E-state index is 0. The van der Waals surface area contributed by atoms with Crippen LogP contribution in [0.3, 0.4) is 0 Å². The van der Waals surface area contributed by atoms with Crippen molar-refractivity contribution in [3.8, 4) is 11.3 Å². The Morgan fingerprint density at radius 3 is 2.50 bits per heavy atom. The summed E-state index contributed by atoms with van der Waals surface area (Å²) < 4.78 is 18.6. The molecule has 1 aromatic carbocycles. The summed E-state index contributed by atoms with van der Waals surface area (Å²) in [4.78, 5) is 0. The largest absolute Gasteiger partial charge is 0.460 e. The predicted octanol–water partition coefficient (Wildman–Crippen LogP) is 4.79. The third-order valence-electron chi connectivity index (χ3n) is 3.05. The van der Waals surface area contributed by atoms with Gasteiger partial charge in [-0.3, -0.25) is 0 Å². The lowest BCUT2D eigenvalue weighted by molar-refractivity contribution is 0.488. The van der Waals surface area contributed by atoms with Gasteiger partial charge < -0.3 is 9.73 Å². The van der Waals surface area contributed by atoms with Crippen LogP contribution >= 0.6 is 12.4 Å². The Morgan fingerprint density at radius 2 is 1.80 bits per heavy atom. The minimum atomic E-state index is -0.229.